The summed E-state index contributed by atoms with van der Waals surface area (Å²) in [6, 6.07) is 0. The Morgan fingerprint density at radius 3 is 2.20 bits per heavy atom. The maximum atomic E-state index is 3.22. The Balaban J connectivity index is 0.000000187. The molecule has 2 saturated heterocycles. The van der Waals surface area contributed by atoms with Crippen molar-refractivity contribution in [2.75, 3.05) is 33.2 Å². The van der Waals surface area contributed by atoms with Gasteiger partial charge in [-0.05, 0) is 64.2 Å². The molecule has 0 aromatic carbocycles. The van der Waals surface area contributed by atoms with Gasteiger partial charge in [-0.3, -0.25) is 0 Å². The monoisotopic (exact) mass is 212 g/mol. The van der Waals surface area contributed by atoms with Crippen LogP contribution < -0.4 is 5.32 Å². The highest BCUT2D eigenvalue weighted by Crippen LogP contribution is 2.31. The molecule has 2 heterocycles. The number of nitrogens with one attached hydrogen (secondary N) is 1. The van der Waals surface area contributed by atoms with Crippen molar-refractivity contribution in [3.63, 3.8) is 0 Å². The van der Waals surface area contributed by atoms with Crippen molar-refractivity contribution in [2.24, 2.45) is 5.41 Å². The van der Waals surface area contributed by atoms with Gasteiger partial charge in [0.2, 0.25) is 0 Å². The Labute approximate surface area is 95.4 Å². The molecule has 2 rings (SSSR count). The van der Waals surface area contributed by atoms with Crippen molar-refractivity contribution in [3.8, 4) is 0 Å². The van der Waals surface area contributed by atoms with Crippen LogP contribution in [0.2, 0.25) is 0 Å². The third-order valence-corrected chi connectivity index (χ3v) is 3.78. The van der Waals surface area contributed by atoms with Crippen LogP contribution in [0.4, 0.5) is 0 Å². The van der Waals surface area contributed by atoms with Gasteiger partial charge in [0.25, 0.3) is 0 Å². The van der Waals surface area contributed by atoms with Crippen LogP contribution in [-0.2, 0) is 0 Å². The molecular formula is C13H28N2. The summed E-state index contributed by atoms with van der Waals surface area (Å²) in [6.45, 7) is 9.81. The molecule has 1 N–H and O–H groups in total. The number of hydrogen-bond acceptors (Lipinski definition) is 2. The standard InChI is InChI=1S/C9H19N.C4H9N/c1-4-9(2)6-5-7-10(3)8-9;1-2-4-5-3-1/h4-8H2,1-3H3;5H,1-4H2. The van der Waals surface area contributed by atoms with E-state index in [4.69, 9.17) is 0 Å². The molecule has 0 amide bonds. The predicted octanol–water partition coefficient (Wildman–Crippen LogP) is 2.50. The molecule has 2 aliphatic rings. The number of piperidine rings is 1. The van der Waals surface area contributed by atoms with Gasteiger partial charge >= 0.3 is 0 Å². The van der Waals surface area contributed by atoms with E-state index in [0.717, 1.165) is 0 Å². The summed E-state index contributed by atoms with van der Waals surface area (Å²) in [4.78, 5) is 2.45. The first-order valence-electron chi connectivity index (χ1n) is 6.55. The third-order valence-electron chi connectivity index (χ3n) is 3.78. The van der Waals surface area contributed by atoms with Gasteiger partial charge in [0.15, 0.2) is 0 Å². The molecule has 0 aromatic heterocycles. The lowest BCUT2D eigenvalue weighted by Crippen LogP contribution is -2.38. The van der Waals surface area contributed by atoms with Gasteiger partial charge in [-0.15, -0.1) is 0 Å². The second kappa shape index (κ2) is 6.49. The van der Waals surface area contributed by atoms with Crippen LogP contribution in [0.1, 0.15) is 46.0 Å². The molecule has 2 aliphatic heterocycles. The lowest BCUT2D eigenvalue weighted by atomic mass is 9.80. The van der Waals surface area contributed by atoms with Crippen LogP contribution in [0.3, 0.4) is 0 Å². The largest absolute Gasteiger partial charge is 0.317 e. The van der Waals surface area contributed by atoms with E-state index >= 15 is 0 Å². The zero-order chi connectivity index (χ0) is 11.1. The van der Waals surface area contributed by atoms with Gasteiger partial charge < -0.3 is 10.2 Å². The maximum absolute atomic E-state index is 3.22. The number of likely N-dealkylation sites (tertiary alicyclic amines) is 1. The van der Waals surface area contributed by atoms with Gasteiger partial charge in [0.1, 0.15) is 0 Å². The van der Waals surface area contributed by atoms with Crippen LogP contribution in [0.15, 0.2) is 0 Å². The molecule has 2 nitrogen and oxygen atoms in total. The second-order valence-corrected chi connectivity index (χ2v) is 5.46. The fourth-order valence-electron chi connectivity index (χ4n) is 2.50. The molecule has 0 spiro atoms. The van der Waals surface area contributed by atoms with Gasteiger partial charge in [-0.2, -0.15) is 0 Å². The van der Waals surface area contributed by atoms with Crippen molar-refractivity contribution in [3.05, 3.63) is 0 Å². The minimum Gasteiger partial charge on any atom is -0.317 e. The Kier molecular flexibility index (Phi) is 5.62. The van der Waals surface area contributed by atoms with Crippen molar-refractivity contribution in [1.82, 2.24) is 10.2 Å². The summed E-state index contributed by atoms with van der Waals surface area (Å²) in [7, 11) is 2.23. The lowest BCUT2D eigenvalue weighted by molar-refractivity contribution is 0.122. The fourth-order valence-corrected chi connectivity index (χ4v) is 2.50. The number of rotatable bonds is 1. The van der Waals surface area contributed by atoms with Crippen molar-refractivity contribution >= 4 is 0 Å². The Morgan fingerprint density at radius 1 is 1.20 bits per heavy atom. The number of nitrogens with zero attached hydrogens (tertiary/aromatic N) is 1. The van der Waals surface area contributed by atoms with Gasteiger partial charge in [0, 0.05) is 6.54 Å². The average Bonchev–Trinajstić information content (AvgIpc) is 2.75. The fraction of sp³-hybridized carbons (Fsp3) is 1.00. The Bertz CT molecular complexity index is 158. The van der Waals surface area contributed by atoms with Gasteiger partial charge in [-0.25, -0.2) is 0 Å². The summed E-state index contributed by atoms with van der Waals surface area (Å²) >= 11 is 0. The molecule has 1 unspecified atom stereocenters. The first kappa shape index (κ1) is 13.0. The highest BCUT2D eigenvalue weighted by atomic mass is 15.1. The Morgan fingerprint density at radius 2 is 1.87 bits per heavy atom. The quantitative estimate of drug-likeness (QED) is 0.718. The maximum Gasteiger partial charge on any atom is 0.00322 e. The van der Waals surface area contributed by atoms with E-state index in [2.05, 4.69) is 31.1 Å². The zero-order valence-corrected chi connectivity index (χ0v) is 10.8. The molecule has 0 aliphatic carbocycles. The first-order chi connectivity index (χ1) is 7.16. The zero-order valence-electron chi connectivity index (χ0n) is 10.8. The Hall–Kier alpha value is -0.0800. The molecular weight excluding hydrogens is 184 g/mol. The molecule has 15 heavy (non-hydrogen) atoms. The van der Waals surface area contributed by atoms with E-state index in [-0.39, 0.29) is 0 Å². The molecule has 2 heteroatoms. The lowest BCUT2D eigenvalue weighted by Gasteiger charge is -2.38. The normalized spacial score (nSPS) is 32.2. The summed E-state index contributed by atoms with van der Waals surface area (Å²) < 4.78 is 0. The van der Waals surface area contributed by atoms with Crippen molar-refractivity contribution in [2.45, 2.75) is 46.0 Å². The summed E-state index contributed by atoms with van der Waals surface area (Å²) in [5.41, 5.74) is 0.618. The minimum absolute atomic E-state index is 0.618. The van der Waals surface area contributed by atoms with E-state index in [1.807, 2.05) is 0 Å². The van der Waals surface area contributed by atoms with Gasteiger partial charge in [-0.1, -0.05) is 13.8 Å². The van der Waals surface area contributed by atoms with E-state index in [9.17, 15) is 0 Å². The summed E-state index contributed by atoms with van der Waals surface area (Å²) in [6.07, 6.45) is 6.92. The summed E-state index contributed by atoms with van der Waals surface area (Å²) in [5.74, 6) is 0. The molecule has 0 bridgehead atoms. The topological polar surface area (TPSA) is 15.3 Å². The summed E-state index contributed by atoms with van der Waals surface area (Å²) in [5, 5.41) is 3.22. The minimum atomic E-state index is 0.618. The SMILES string of the molecule is C1CCNC1.CCC1(C)CCCN(C)C1. The van der Waals surface area contributed by atoms with Crippen LogP contribution in [0.25, 0.3) is 0 Å². The van der Waals surface area contributed by atoms with Crippen LogP contribution in [0.5, 0.6) is 0 Å². The molecule has 1 atom stereocenters. The van der Waals surface area contributed by atoms with E-state index in [1.165, 1.54) is 58.3 Å². The van der Waals surface area contributed by atoms with E-state index < -0.39 is 0 Å². The van der Waals surface area contributed by atoms with Crippen LogP contribution >= 0.6 is 0 Å². The smallest absolute Gasteiger partial charge is 0.00322 e. The van der Waals surface area contributed by atoms with Gasteiger partial charge in [0.05, 0.1) is 0 Å². The second-order valence-electron chi connectivity index (χ2n) is 5.46. The molecule has 90 valence electrons. The van der Waals surface area contributed by atoms with Crippen LogP contribution in [-0.4, -0.2) is 38.1 Å². The number of hydrogen-bond donors (Lipinski definition) is 1. The first-order valence-corrected chi connectivity index (χ1v) is 6.55. The molecule has 0 radical (unpaired) electrons. The van der Waals surface area contributed by atoms with Crippen LogP contribution in [0, 0.1) is 5.41 Å². The highest BCUT2D eigenvalue weighted by Gasteiger charge is 2.26. The average molecular weight is 212 g/mol. The molecule has 2 fully saturated rings. The van der Waals surface area contributed by atoms with Crippen molar-refractivity contribution in [1.29, 1.82) is 0 Å². The highest BCUT2D eigenvalue weighted by molar-refractivity contribution is 4.80. The molecule has 0 saturated carbocycles. The predicted molar refractivity (Wildman–Crippen MR) is 67.2 cm³/mol. The third kappa shape index (κ3) is 4.98. The van der Waals surface area contributed by atoms with E-state index in [0.29, 0.717) is 5.41 Å². The molecule has 0 aromatic rings. The van der Waals surface area contributed by atoms with Crippen molar-refractivity contribution < 1.29 is 0 Å². The van der Waals surface area contributed by atoms with E-state index in [1.54, 1.807) is 0 Å².